The van der Waals surface area contributed by atoms with Gasteiger partial charge in [-0.1, -0.05) is 6.07 Å². The van der Waals surface area contributed by atoms with Crippen molar-refractivity contribution < 1.29 is 23.8 Å². The third-order valence-electron chi connectivity index (χ3n) is 5.33. The summed E-state index contributed by atoms with van der Waals surface area (Å²) in [5.41, 5.74) is 1.30. The fraction of sp³-hybridized carbons (Fsp3) is 0.381. The summed E-state index contributed by atoms with van der Waals surface area (Å²) in [6.45, 7) is 0. The number of benzene rings is 1. The molecule has 158 valence electrons. The van der Waals surface area contributed by atoms with Gasteiger partial charge in [0.25, 0.3) is 5.91 Å². The number of thioether (sulfide) groups is 1. The number of hydrogen-bond donors (Lipinski definition) is 3. The summed E-state index contributed by atoms with van der Waals surface area (Å²) in [7, 11) is 0. The number of pyridine rings is 1. The Morgan fingerprint density at radius 3 is 2.60 bits per heavy atom. The summed E-state index contributed by atoms with van der Waals surface area (Å²) in [6.07, 6.45) is 3.54. The molecule has 2 aromatic rings. The molecule has 3 N–H and O–H groups in total. The summed E-state index contributed by atoms with van der Waals surface area (Å²) in [5.74, 6) is 0.564. The maximum absolute atomic E-state index is 13.8. The van der Waals surface area contributed by atoms with E-state index in [0.29, 0.717) is 31.4 Å². The molecule has 1 aliphatic heterocycles. The van der Waals surface area contributed by atoms with E-state index in [2.05, 4.69) is 15.6 Å². The number of hydrogen-bond acceptors (Lipinski definition) is 5. The normalized spacial score (nSPS) is 20.3. The lowest BCUT2D eigenvalue weighted by atomic mass is 9.91. The van der Waals surface area contributed by atoms with Gasteiger partial charge in [-0.3, -0.25) is 4.79 Å². The van der Waals surface area contributed by atoms with E-state index in [1.807, 2.05) is 18.2 Å². The van der Waals surface area contributed by atoms with Crippen molar-refractivity contribution in [2.45, 2.75) is 49.1 Å². The number of halogens is 1. The smallest absolute Gasteiger partial charge is 0.404 e. The van der Waals surface area contributed by atoms with Crippen LogP contribution in [0.1, 0.15) is 41.6 Å². The SMILES string of the molecule is O=C(O)NC1CCC(NC(=O)c2cc(F)cnc2Oc2ccc3c(c2)SCC3)CC1. The zero-order chi connectivity index (χ0) is 21.1. The third-order valence-corrected chi connectivity index (χ3v) is 6.43. The Morgan fingerprint density at radius 2 is 1.87 bits per heavy atom. The molecule has 1 fully saturated rings. The first-order valence-corrected chi connectivity index (χ1v) is 10.9. The summed E-state index contributed by atoms with van der Waals surface area (Å²) in [6, 6.07) is 6.64. The monoisotopic (exact) mass is 431 g/mol. The Bertz CT molecular complexity index is 963. The first-order valence-electron chi connectivity index (χ1n) is 9.87. The molecule has 0 bridgehead atoms. The molecular formula is C21H22FN3O4S. The molecule has 7 nitrogen and oxygen atoms in total. The van der Waals surface area contributed by atoms with Crippen molar-refractivity contribution in [2.75, 3.05) is 5.75 Å². The van der Waals surface area contributed by atoms with Crippen molar-refractivity contribution in [1.29, 1.82) is 0 Å². The molecule has 0 atom stereocenters. The summed E-state index contributed by atoms with van der Waals surface area (Å²) < 4.78 is 19.6. The number of aromatic nitrogens is 1. The molecule has 1 aliphatic carbocycles. The highest BCUT2D eigenvalue weighted by Crippen LogP contribution is 2.35. The van der Waals surface area contributed by atoms with Crippen LogP contribution in [0.5, 0.6) is 11.6 Å². The van der Waals surface area contributed by atoms with Gasteiger partial charge in [-0.15, -0.1) is 11.8 Å². The predicted molar refractivity (Wildman–Crippen MR) is 110 cm³/mol. The van der Waals surface area contributed by atoms with Crippen molar-refractivity contribution in [3.8, 4) is 11.6 Å². The predicted octanol–water partition coefficient (Wildman–Crippen LogP) is 3.97. The van der Waals surface area contributed by atoms with Gasteiger partial charge >= 0.3 is 6.09 Å². The van der Waals surface area contributed by atoms with Gasteiger partial charge in [-0.2, -0.15) is 0 Å². The van der Waals surface area contributed by atoms with Crippen molar-refractivity contribution >= 4 is 23.8 Å². The maximum atomic E-state index is 13.8. The first-order chi connectivity index (χ1) is 14.5. The van der Waals surface area contributed by atoms with Crippen LogP contribution in [0.25, 0.3) is 0 Å². The van der Waals surface area contributed by atoms with Gasteiger partial charge in [0.15, 0.2) is 0 Å². The number of ether oxygens (including phenoxy) is 1. The topological polar surface area (TPSA) is 101 Å². The molecule has 0 spiro atoms. The second-order valence-corrected chi connectivity index (χ2v) is 8.58. The summed E-state index contributed by atoms with van der Waals surface area (Å²) in [5, 5.41) is 14.2. The van der Waals surface area contributed by atoms with Gasteiger partial charge in [0.1, 0.15) is 17.1 Å². The molecule has 1 aromatic carbocycles. The number of nitrogens with zero attached hydrogens (tertiary/aromatic N) is 1. The highest BCUT2D eigenvalue weighted by molar-refractivity contribution is 7.99. The summed E-state index contributed by atoms with van der Waals surface area (Å²) in [4.78, 5) is 28.7. The summed E-state index contributed by atoms with van der Waals surface area (Å²) >= 11 is 1.75. The number of aryl methyl sites for hydroxylation is 1. The zero-order valence-corrected chi connectivity index (χ0v) is 17.0. The highest BCUT2D eigenvalue weighted by Gasteiger charge is 2.25. The minimum absolute atomic E-state index is 0.0361. The lowest BCUT2D eigenvalue weighted by Gasteiger charge is -2.29. The Labute approximate surface area is 177 Å². The maximum Gasteiger partial charge on any atom is 0.404 e. The molecule has 1 aromatic heterocycles. The van der Waals surface area contributed by atoms with E-state index < -0.39 is 17.8 Å². The number of rotatable bonds is 5. The first kappa shape index (κ1) is 20.5. The second kappa shape index (κ2) is 8.91. The van der Waals surface area contributed by atoms with Gasteiger partial charge in [0.2, 0.25) is 5.88 Å². The number of nitrogens with one attached hydrogen (secondary N) is 2. The van der Waals surface area contributed by atoms with E-state index in [9.17, 15) is 14.0 Å². The van der Waals surface area contributed by atoms with Gasteiger partial charge in [0.05, 0.1) is 6.20 Å². The molecule has 0 radical (unpaired) electrons. The van der Waals surface area contributed by atoms with Crippen LogP contribution in [0.15, 0.2) is 35.4 Å². The average molecular weight is 431 g/mol. The van der Waals surface area contributed by atoms with Crippen LogP contribution in [0.2, 0.25) is 0 Å². The molecule has 0 unspecified atom stereocenters. The third kappa shape index (κ3) is 4.84. The average Bonchev–Trinajstić information content (AvgIpc) is 3.18. The Kier molecular flexibility index (Phi) is 6.08. The van der Waals surface area contributed by atoms with E-state index in [-0.39, 0.29) is 23.5 Å². The number of carboxylic acid groups (broad SMARTS) is 1. The van der Waals surface area contributed by atoms with Crippen molar-refractivity contribution in [3.63, 3.8) is 0 Å². The molecule has 1 saturated carbocycles. The standard InChI is InChI=1S/C21H22FN3O4S/c22-13-9-17(19(26)24-14-2-4-15(5-3-14)25-21(27)28)20(23-11-13)29-16-6-1-12-7-8-30-18(12)10-16/h1,6,9-11,14-15,25H,2-5,7-8H2,(H,24,26)(H,27,28). The Balaban J connectivity index is 1.44. The van der Waals surface area contributed by atoms with Crippen molar-refractivity contribution in [1.82, 2.24) is 15.6 Å². The highest BCUT2D eigenvalue weighted by atomic mass is 32.2. The van der Waals surface area contributed by atoms with Gasteiger partial charge in [-0.05, 0) is 55.9 Å². The van der Waals surface area contributed by atoms with Crippen LogP contribution in [-0.2, 0) is 6.42 Å². The van der Waals surface area contributed by atoms with Crippen LogP contribution in [-0.4, -0.2) is 39.9 Å². The quantitative estimate of drug-likeness (QED) is 0.662. The second-order valence-electron chi connectivity index (χ2n) is 7.45. The van der Waals surface area contributed by atoms with Crippen LogP contribution < -0.4 is 15.4 Å². The van der Waals surface area contributed by atoms with Gasteiger partial charge < -0.3 is 20.5 Å². The largest absolute Gasteiger partial charge is 0.465 e. The molecular weight excluding hydrogens is 409 g/mol. The zero-order valence-electron chi connectivity index (χ0n) is 16.2. The minimum atomic E-state index is -1.04. The molecule has 4 rings (SSSR count). The van der Waals surface area contributed by atoms with Gasteiger partial charge in [-0.25, -0.2) is 14.2 Å². The fourth-order valence-corrected chi connectivity index (χ4v) is 4.91. The van der Waals surface area contributed by atoms with E-state index in [1.165, 1.54) is 5.56 Å². The van der Waals surface area contributed by atoms with Crippen LogP contribution >= 0.6 is 11.8 Å². The number of fused-ring (bicyclic) bond motifs is 1. The van der Waals surface area contributed by atoms with Crippen molar-refractivity contribution in [3.05, 3.63) is 47.4 Å². The number of amides is 2. The lowest BCUT2D eigenvalue weighted by molar-refractivity contribution is 0.0919. The van der Waals surface area contributed by atoms with Crippen LogP contribution in [0.3, 0.4) is 0 Å². The molecule has 30 heavy (non-hydrogen) atoms. The van der Waals surface area contributed by atoms with Crippen LogP contribution in [0, 0.1) is 5.82 Å². The van der Waals surface area contributed by atoms with E-state index in [0.717, 1.165) is 29.3 Å². The van der Waals surface area contributed by atoms with E-state index in [4.69, 9.17) is 9.84 Å². The Hall–Kier alpha value is -2.81. The lowest BCUT2D eigenvalue weighted by Crippen LogP contribution is -2.43. The molecule has 0 saturated heterocycles. The number of carbonyl (C=O) groups is 2. The molecule has 2 amide bonds. The van der Waals surface area contributed by atoms with Crippen LogP contribution in [0.4, 0.5) is 9.18 Å². The minimum Gasteiger partial charge on any atom is -0.465 e. The van der Waals surface area contributed by atoms with Gasteiger partial charge in [0, 0.05) is 22.7 Å². The van der Waals surface area contributed by atoms with Crippen molar-refractivity contribution in [2.24, 2.45) is 0 Å². The molecule has 2 heterocycles. The fourth-order valence-electron chi connectivity index (χ4n) is 3.81. The molecule has 2 aliphatic rings. The molecule has 9 heteroatoms. The Morgan fingerprint density at radius 1 is 1.13 bits per heavy atom. The van der Waals surface area contributed by atoms with E-state index >= 15 is 0 Å². The van der Waals surface area contributed by atoms with E-state index in [1.54, 1.807) is 11.8 Å². The number of carbonyl (C=O) groups excluding carboxylic acids is 1.